The smallest absolute Gasteiger partial charge is 0.261 e. The topological polar surface area (TPSA) is 79.9 Å². The second kappa shape index (κ2) is 9.54. The van der Waals surface area contributed by atoms with Gasteiger partial charge in [-0.3, -0.25) is 4.79 Å². The van der Waals surface area contributed by atoms with Gasteiger partial charge in [0.1, 0.15) is 11.6 Å². The monoisotopic (exact) mass is 352 g/mol. The van der Waals surface area contributed by atoms with Crippen molar-refractivity contribution in [2.75, 3.05) is 19.8 Å². The first-order chi connectivity index (χ1) is 12.6. The first kappa shape index (κ1) is 19.4. The van der Waals surface area contributed by atoms with Crippen LogP contribution in [0.4, 0.5) is 0 Å². The summed E-state index contributed by atoms with van der Waals surface area (Å²) in [7, 11) is 0. The van der Waals surface area contributed by atoms with Crippen LogP contribution in [0.5, 0.6) is 0 Å². The summed E-state index contributed by atoms with van der Waals surface area (Å²) >= 11 is 0. The van der Waals surface area contributed by atoms with Crippen LogP contribution in [0.1, 0.15) is 30.3 Å². The highest BCUT2D eigenvalue weighted by Gasteiger charge is 2.15. The lowest BCUT2D eigenvalue weighted by Crippen LogP contribution is -2.26. The van der Waals surface area contributed by atoms with E-state index >= 15 is 0 Å². The van der Waals surface area contributed by atoms with Gasteiger partial charge in [0.15, 0.2) is 0 Å². The summed E-state index contributed by atoms with van der Waals surface area (Å²) in [4.78, 5) is 12.2. The molecule has 6 heteroatoms. The maximum Gasteiger partial charge on any atom is 0.261 e. The Morgan fingerprint density at radius 3 is 2.73 bits per heavy atom. The molecule has 0 unspecified atom stereocenters. The summed E-state index contributed by atoms with van der Waals surface area (Å²) in [6, 6.07) is 11.7. The zero-order valence-corrected chi connectivity index (χ0v) is 15.5. The second-order valence-electron chi connectivity index (χ2n) is 5.81. The first-order valence-electron chi connectivity index (χ1n) is 8.67. The minimum atomic E-state index is -0.379. The molecular weight excluding hydrogens is 328 g/mol. The highest BCUT2D eigenvalue weighted by Crippen LogP contribution is 2.20. The minimum absolute atomic E-state index is 0.0696. The van der Waals surface area contributed by atoms with E-state index in [9.17, 15) is 10.1 Å². The standard InChI is InChI=1S/C20H24N4O2/c1-4-26-12-8-11-22-20(25)17(14-21)13-19-15(2)23-24(16(19)3)18-9-6-5-7-10-18/h5-7,9-10,13H,4,8,11-12H2,1-3H3,(H,22,25)/b17-13+. The van der Waals surface area contributed by atoms with Gasteiger partial charge in [-0.05, 0) is 45.4 Å². The molecule has 0 saturated heterocycles. The van der Waals surface area contributed by atoms with Crippen molar-refractivity contribution in [3.63, 3.8) is 0 Å². The number of hydrogen-bond acceptors (Lipinski definition) is 4. The summed E-state index contributed by atoms with van der Waals surface area (Å²) in [5.74, 6) is -0.379. The number of rotatable bonds is 8. The fraction of sp³-hybridized carbons (Fsp3) is 0.350. The lowest BCUT2D eigenvalue weighted by Gasteiger charge is -2.05. The van der Waals surface area contributed by atoms with Crippen LogP contribution in [-0.4, -0.2) is 35.4 Å². The van der Waals surface area contributed by atoms with E-state index in [1.54, 1.807) is 6.08 Å². The van der Waals surface area contributed by atoms with E-state index in [4.69, 9.17) is 4.74 Å². The number of hydrogen-bond donors (Lipinski definition) is 1. The SMILES string of the molecule is CCOCCCNC(=O)/C(C#N)=C/c1c(C)nn(-c2ccccc2)c1C. The zero-order chi connectivity index (χ0) is 18.9. The number of nitrogens with one attached hydrogen (secondary N) is 1. The van der Waals surface area contributed by atoms with Gasteiger partial charge in [0, 0.05) is 31.0 Å². The number of benzene rings is 1. The first-order valence-corrected chi connectivity index (χ1v) is 8.67. The lowest BCUT2D eigenvalue weighted by molar-refractivity contribution is -0.117. The normalized spacial score (nSPS) is 11.2. The summed E-state index contributed by atoms with van der Waals surface area (Å²) in [5, 5.41) is 16.7. The summed E-state index contributed by atoms with van der Waals surface area (Å²) in [6.07, 6.45) is 2.32. The van der Waals surface area contributed by atoms with Crippen molar-refractivity contribution in [2.24, 2.45) is 0 Å². The maximum atomic E-state index is 12.2. The van der Waals surface area contributed by atoms with Crippen molar-refractivity contribution in [1.29, 1.82) is 5.26 Å². The molecule has 136 valence electrons. The number of amides is 1. The van der Waals surface area contributed by atoms with E-state index in [1.165, 1.54) is 0 Å². The molecule has 0 atom stereocenters. The van der Waals surface area contributed by atoms with Gasteiger partial charge in [-0.25, -0.2) is 4.68 Å². The Kier molecular flexibility index (Phi) is 7.12. The predicted octanol–water partition coefficient (Wildman–Crippen LogP) is 2.94. The van der Waals surface area contributed by atoms with E-state index in [0.29, 0.717) is 26.2 Å². The molecule has 0 aliphatic carbocycles. The molecule has 1 heterocycles. The highest BCUT2D eigenvalue weighted by molar-refractivity contribution is 6.01. The third-order valence-corrected chi connectivity index (χ3v) is 3.96. The number of aromatic nitrogens is 2. The van der Waals surface area contributed by atoms with Gasteiger partial charge in [0.05, 0.1) is 11.4 Å². The van der Waals surface area contributed by atoms with Crippen molar-refractivity contribution in [2.45, 2.75) is 27.2 Å². The Morgan fingerprint density at radius 2 is 2.08 bits per heavy atom. The number of ether oxygens (including phenoxy) is 1. The van der Waals surface area contributed by atoms with Gasteiger partial charge in [-0.1, -0.05) is 18.2 Å². The zero-order valence-electron chi connectivity index (χ0n) is 15.5. The van der Waals surface area contributed by atoms with E-state index in [2.05, 4.69) is 10.4 Å². The van der Waals surface area contributed by atoms with Crippen molar-refractivity contribution >= 4 is 12.0 Å². The number of aryl methyl sites for hydroxylation is 1. The van der Waals surface area contributed by atoms with Crippen LogP contribution in [0.2, 0.25) is 0 Å². The van der Waals surface area contributed by atoms with Crippen LogP contribution in [0, 0.1) is 25.2 Å². The number of nitriles is 1. The van der Waals surface area contributed by atoms with Gasteiger partial charge < -0.3 is 10.1 Å². The molecule has 0 bridgehead atoms. The van der Waals surface area contributed by atoms with Crippen LogP contribution >= 0.6 is 0 Å². The predicted molar refractivity (Wildman–Crippen MR) is 101 cm³/mol. The van der Waals surface area contributed by atoms with Gasteiger partial charge in [0.2, 0.25) is 0 Å². The molecule has 2 rings (SSSR count). The molecule has 0 fully saturated rings. The molecule has 1 aromatic carbocycles. The summed E-state index contributed by atoms with van der Waals surface area (Å²) in [5.41, 5.74) is 3.44. The molecular formula is C20H24N4O2. The lowest BCUT2D eigenvalue weighted by atomic mass is 10.1. The molecule has 0 aliphatic heterocycles. The van der Waals surface area contributed by atoms with Crippen molar-refractivity contribution < 1.29 is 9.53 Å². The average molecular weight is 352 g/mol. The summed E-state index contributed by atoms with van der Waals surface area (Å²) < 4.78 is 7.05. The van der Waals surface area contributed by atoms with E-state index in [0.717, 1.165) is 22.6 Å². The van der Waals surface area contributed by atoms with Gasteiger partial charge in [-0.15, -0.1) is 0 Å². The molecule has 1 aromatic heterocycles. The highest BCUT2D eigenvalue weighted by atomic mass is 16.5. The Labute approximate surface area is 154 Å². The van der Waals surface area contributed by atoms with Crippen LogP contribution < -0.4 is 5.32 Å². The number of para-hydroxylation sites is 1. The molecule has 1 N–H and O–H groups in total. The molecule has 26 heavy (non-hydrogen) atoms. The Bertz CT molecular complexity index is 816. The van der Waals surface area contributed by atoms with Crippen LogP contribution in [-0.2, 0) is 9.53 Å². The summed E-state index contributed by atoms with van der Waals surface area (Å²) in [6.45, 7) is 7.43. The molecule has 0 radical (unpaired) electrons. The molecule has 2 aromatic rings. The van der Waals surface area contributed by atoms with Crippen molar-refractivity contribution in [3.8, 4) is 11.8 Å². The van der Waals surface area contributed by atoms with Gasteiger partial charge >= 0.3 is 0 Å². The largest absolute Gasteiger partial charge is 0.382 e. The fourth-order valence-corrected chi connectivity index (χ4v) is 2.59. The number of carbonyl (C=O) groups excluding carboxylic acids is 1. The third kappa shape index (κ3) is 4.80. The fourth-order valence-electron chi connectivity index (χ4n) is 2.59. The van der Waals surface area contributed by atoms with Crippen LogP contribution in [0.15, 0.2) is 35.9 Å². The average Bonchev–Trinajstić information content (AvgIpc) is 2.94. The van der Waals surface area contributed by atoms with E-state index in [1.807, 2.05) is 61.9 Å². The number of nitrogens with zero attached hydrogens (tertiary/aromatic N) is 3. The molecule has 0 saturated carbocycles. The Balaban J connectivity index is 2.17. The minimum Gasteiger partial charge on any atom is -0.382 e. The van der Waals surface area contributed by atoms with Crippen LogP contribution in [0.3, 0.4) is 0 Å². The molecule has 0 aliphatic rings. The van der Waals surface area contributed by atoms with Crippen molar-refractivity contribution in [3.05, 3.63) is 52.9 Å². The molecule has 1 amide bonds. The molecule has 0 spiro atoms. The number of carbonyl (C=O) groups is 1. The van der Waals surface area contributed by atoms with Gasteiger partial charge in [0.25, 0.3) is 5.91 Å². The third-order valence-electron chi connectivity index (χ3n) is 3.96. The van der Waals surface area contributed by atoms with E-state index in [-0.39, 0.29) is 11.5 Å². The maximum absolute atomic E-state index is 12.2. The Hall–Kier alpha value is -2.91. The second-order valence-corrected chi connectivity index (χ2v) is 5.81. The molecule has 6 nitrogen and oxygen atoms in total. The van der Waals surface area contributed by atoms with E-state index < -0.39 is 0 Å². The quantitative estimate of drug-likeness (QED) is 0.450. The van der Waals surface area contributed by atoms with Crippen molar-refractivity contribution in [1.82, 2.24) is 15.1 Å². The van der Waals surface area contributed by atoms with Crippen LogP contribution in [0.25, 0.3) is 11.8 Å². The van der Waals surface area contributed by atoms with Gasteiger partial charge in [-0.2, -0.15) is 10.4 Å². The Morgan fingerprint density at radius 1 is 1.35 bits per heavy atom.